The van der Waals surface area contributed by atoms with Crippen molar-refractivity contribution in [3.63, 3.8) is 0 Å². The fourth-order valence-corrected chi connectivity index (χ4v) is 1.74. The molecule has 2 aromatic carbocycles. The Morgan fingerprint density at radius 1 is 1.22 bits per heavy atom. The maximum absolute atomic E-state index is 13.3. The Morgan fingerprint density at radius 2 is 1.94 bits per heavy atom. The van der Waals surface area contributed by atoms with Crippen molar-refractivity contribution in [1.29, 1.82) is 0 Å². The van der Waals surface area contributed by atoms with Gasteiger partial charge in [0.25, 0.3) is 0 Å². The molecule has 0 aromatic heterocycles. The molecule has 0 saturated heterocycles. The molecule has 3 nitrogen and oxygen atoms in total. The first-order valence-electron chi connectivity index (χ1n) is 5.29. The Hall–Kier alpha value is -2.36. The number of aromatic carboxylic acids is 1. The summed E-state index contributed by atoms with van der Waals surface area (Å²) in [5.41, 5.74) is 0.979. The lowest BCUT2D eigenvalue weighted by Crippen LogP contribution is -2.00. The summed E-state index contributed by atoms with van der Waals surface area (Å²) < 4.78 is 18.5. The molecule has 0 atom stereocenters. The molecule has 4 heteroatoms. The van der Waals surface area contributed by atoms with Gasteiger partial charge >= 0.3 is 5.97 Å². The van der Waals surface area contributed by atoms with Crippen LogP contribution in [0.5, 0.6) is 5.75 Å². The molecule has 0 spiro atoms. The zero-order chi connectivity index (χ0) is 13.1. The molecule has 2 rings (SSSR count). The molecule has 0 amide bonds. The number of halogens is 1. The highest BCUT2D eigenvalue weighted by Gasteiger charge is 2.13. The zero-order valence-electron chi connectivity index (χ0n) is 9.68. The lowest BCUT2D eigenvalue weighted by Gasteiger charge is -2.09. The van der Waals surface area contributed by atoms with E-state index in [0.717, 1.165) is 11.6 Å². The number of carboxylic acid groups (broad SMARTS) is 1. The van der Waals surface area contributed by atoms with Crippen molar-refractivity contribution >= 4 is 5.97 Å². The van der Waals surface area contributed by atoms with Crippen LogP contribution in [0, 0.1) is 5.82 Å². The molecule has 0 heterocycles. The Balaban J connectivity index is 2.58. The minimum absolute atomic E-state index is 0.349. The number of carbonyl (C=O) groups is 1. The summed E-state index contributed by atoms with van der Waals surface area (Å²) in [5, 5.41) is 8.89. The first kappa shape index (κ1) is 12.1. The third kappa shape index (κ3) is 2.18. The summed E-state index contributed by atoms with van der Waals surface area (Å²) >= 11 is 0. The van der Waals surface area contributed by atoms with Crippen LogP contribution in [0.4, 0.5) is 4.39 Å². The predicted octanol–water partition coefficient (Wildman–Crippen LogP) is 3.20. The monoisotopic (exact) mass is 246 g/mol. The number of rotatable bonds is 3. The van der Waals surface area contributed by atoms with E-state index in [1.807, 2.05) is 12.1 Å². The van der Waals surface area contributed by atoms with E-state index in [4.69, 9.17) is 9.84 Å². The van der Waals surface area contributed by atoms with Crippen molar-refractivity contribution in [3.05, 3.63) is 53.8 Å². The molecule has 0 saturated carbocycles. The number of ether oxygens (including phenoxy) is 1. The van der Waals surface area contributed by atoms with Crippen LogP contribution < -0.4 is 4.74 Å². The third-order valence-electron chi connectivity index (χ3n) is 2.61. The van der Waals surface area contributed by atoms with Crippen LogP contribution >= 0.6 is 0 Å². The molecule has 18 heavy (non-hydrogen) atoms. The van der Waals surface area contributed by atoms with E-state index in [1.54, 1.807) is 12.1 Å². The van der Waals surface area contributed by atoms with Crippen LogP contribution in [-0.4, -0.2) is 18.2 Å². The second kappa shape index (κ2) is 4.87. The van der Waals surface area contributed by atoms with Gasteiger partial charge in [0.15, 0.2) is 0 Å². The SMILES string of the molecule is COc1ccccc1-c1ccc(F)c(C(=O)O)c1. The van der Waals surface area contributed by atoms with E-state index in [9.17, 15) is 9.18 Å². The van der Waals surface area contributed by atoms with Crippen LogP contribution in [0.25, 0.3) is 11.1 Å². The normalized spacial score (nSPS) is 10.1. The number of hydrogen-bond donors (Lipinski definition) is 1. The smallest absolute Gasteiger partial charge is 0.338 e. The van der Waals surface area contributed by atoms with Crippen LogP contribution in [0.1, 0.15) is 10.4 Å². The topological polar surface area (TPSA) is 46.5 Å². The van der Waals surface area contributed by atoms with Crippen LogP contribution in [0.3, 0.4) is 0 Å². The van der Waals surface area contributed by atoms with Gasteiger partial charge in [-0.2, -0.15) is 0 Å². The van der Waals surface area contributed by atoms with Gasteiger partial charge in [-0.05, 0) is 23.8 Å². The second-order valence-corrected chi connectivity index (χ2v) is 3.70. The fourth-order valence-electron chi connectivity index (χ4n) is 1.74. The van der Waals surface area contributed by atoms with Gasteiger partial charge in [0.1, 0.15) is 11.6 Å². The van der Waals surface area contributed by atoms with Gasteiger partial charge in [0.05, 0.1) is 12.7 Å². The Labute approximate surface area is 103 Å². The van der Waals surface area contributed by atoms with E-state index < -0.39 is 11.8 Å². The summed E-state index contributed by atoms with van der Waals surface area (Å²) in [6.07, 6.45) is 0. The highest BCUT2D eigenvalue weighted by Crippen LogP contribution is 2.30. The molecular formula is C14H11FO3. The molecule has 2 aromatic rings. The van der Waals surface area contributed by atoms with Crippen LogP contribution in [0.15, 0.2) is 42.5 Å². The molecule has 0 aliphatic rings. The van der Waals surface area contributed by atoms with E-state index in [-0.39, 0.29) is 5.56 Å². The molecule has 0 aliphatic carbocycles. The zero-order valence-corrected chi connectivity index (χ0v) is 9.68. The molecule has 0 unspecified atom stereocenters. The number of benzene rings is 2. The number of hydrogen-bond acceptors (Lipinski definition) is 2. The van der Waals surface area contributed by atoms with Gasteiger partial charge in [0, 0.05) is 5.56 Å². The van der Waals surface area contributed by atoms with E-state index in [0.29, 0.717) is 11.3 Å². The quantitative estimate of drug-likeness (QED) is 0.904. The van der Waals surface area contributed by atoms with Gasteiger partial charge in [-0.15, -0.1) is 0 Å². The van der Waals surface area contributed by atoms with E-state index >= 15 is 0 Å². The fraction of sp³-hybridized carbons (Fsp3) is 0.0714. The average molecular weight is 246 g/mol. The summed E-state index contributed by atoms with van der Waals surface area (Å²) in [6.45, 7) is 0. The van der Waals surface area contributed by atoms with E-state index in [1.165, 1.54) is 19.2 Å². The van der Waals surface area contributed by atoms with Gasteiger partial charge in [0.2, 0.25) is 0 Å². The summed E-state index contributed by atoms with van der Waals surface area (Å²) in [7, 11) is 1.53. The molecular weight excluding hydrogens is 235 g/mol. The number of carboxylic acids is 1. The first-order valence-corrected chi connectivity index (χ1v) is 5.29. The Bertz CT molecular complexity index is 593. The van der Waals surface area contributed by atoms with Crippen molar-refractivity contribution in [2.45, 2.75) is 0 Å². The summed E-state index contributed by atoms with van der Waals surface area (Å²) in [5.74, 6) is -1.43. The third-order valence-corrected chi connectivity index (χ3v) is 2.61. The van der Waals surface area contributed by atoms with E-state index in [2.05, 4.69) is 0 Å². The predicted molar refractivity (Wildman–Crippen MR) is 65.3 cm³/mol. The van der Waals surface area contributed by atoms with Crippen molar-refractivity contribution in [2.75, 3.05) is 7.11 Å². The van der Waals surface area contributed by atoms with Gasteiger partial charge < -0.3 is 9.84 Å². The minimum Gasteiger partial charge on any atom is -0.496 e. The lowest BCUT2D eigenvalue weighted by molar-refractivity contribution is 0.0692. The highest BCUT2D eigenvalue weighted by molar-refractivity contribution is 5.90. The van der Waals surface area contributed by atoms with Crippen LogP contribution in [-0.2, 0) is 0 Å². The average Bonchev–Trinajstić information content (AvgIpc) is 2.39. The van der Waals surface area contributed by atoms with Gasteiger partial charge in [-0.25, -0.2) is 9.18 Å². The number of methoxy groups -OCH3 is 1. The minimum atomic E-state index is -1.29. The van der Waals surface area contributed by atoms with Crippen molar-refractivity contribution in [2.24, 2.45) is 0 Å². The molecule has 1 N–H and O–H groups in total. The largest absolute Gasteiger partial charge is 0.496 e. The van der Waals surface area contributed by atoms with Gasteiger partial charge in [-0.3, -0.25) is 0 Å². The molecule has 0 radical (unpaired) electrons. The van der Waals surface area contributed by atoms with Crippen molar-refractivity contribution < 1.29 is 19.0 Å². The maximum atomic E-state index is 13.3. The maximum Gasteiger partial charge on any atom is 0.338 e. The molecule has 92 valence electrons. The van der Waals surface area contributed by atoms with Crippen LogP contribution in [0.2, 0.25) is 0 Å². The molecule has 0 aliphatic heterocycles. The Kier molecular flexibility index (Phi) is 3.28. The Morgan fingerprint density at radius 3 is 2.61 bits per heavy atom. The lowest BCUT2D eigenvalue weighted by atomic mass is 10.0. The first-order chi connectivity index (χ1) is 8.63. The van der Waals surface area contributed by atoms with Crippen molar-refractivity contribution in [1.82, 2.24) is 0 Å². The summed E-state index contributed by atoms with van der Waals surface area (Å²) in [6, 6.07) is 11.1. The second-order valence-electron chi connectivity index (χ2n) is 3.70. The highest BCUT2D eigenvalue weighted by atomic mass is 19.1. The van der Waals surface area contributed by atoms with Gasteiger partial charge in [-0.1, -0.05) is 24.3 Å². The molecule has 0 bridgehead atoms. The van der Waals surface area contributed by atoms with Crippen molar-refractivity contribution in [3.8, 4) is 16.9 Å². The number of para-hydroxylation sites is 1. The summed E-state index contributed by atoms with van der Waals surface area (Å²) in [4.78, 5) is 10.9. The molecule has 0 fully saturated rings. The standard InChI is InChI=1S/C14H11FO3/c1-18-13-5-3-2-4-10(13)9-6-7-12(15)11(8-9)14(16)17/h2-8H,1H3,(H,16,17).